The first-order chi connectivity index (χ1) is 11.3. The van der Waals surface area contributed by atoms with E-state index in [1.807, 2.05) is 0 Å². The number of rotatable bonds is 1. The summed E-state index contributed by atoms with van der Waals surface area (Å²) in [6, 6.07) is 0. The maximum Gasteiger partial charge on any atom is 0.140 e. The van der Waals surface area contributed by atoms with Crippen molar-refractivity contribution in [2.24, 2.45) is 0 Å². The summed E-state index contributed by atoms with van der Waals surface area (Å²) >= 11 is 0. The van der Waals surface area contributed by atoms with Crippen LogP contribution in [0.15, 0.2) is 0 Å². The third-order valence-corrected chi connectivity index (χ3v) is 6.62. The molecular weight excluding hydrogens is 293 g/mol. The normalized spacial score (nSPS) is 11.8. The largest absolute Gasteiger partial charge is 0.140 e. The van der Waals surface area contributed by atoms with Crippen LogP contribution in [0.4, 0.5) is 0 Å². The summed E-state index contributed by atoms with van der Waals surface area (Å²) in [6.45, 7) is 13.9. The molecule has 0 aromatic heterocycles. The third kappa shape index (κ3) is 3.07. The van der Waals surface area contributed by atoms with E-state index in [9.17, 15) is 0 Å². The first-order valence-corrected chi connectivity index (χ1v) is 9.50. The van der Waals surface area contributed by atoms with Crippen LogP contribution in [0.1, 0.15) is 43.0 Å². The smallest absolute Gasteiger partial charge is 0.0922 e. The summed E-state index contributed by atoms with van der Waals surface area (Å²) in [4.78, 5) is 0. The van der Waals surface area contributed by atoms with E-state index in [-0.39, 0.29) is 5.41 Å². The zero-order chi connectivity index (χ0) is 19.4. The summed E-state index contributed by atoms with van der Waals surface area (Å²) < 4.78 is 0. The first-order valence-electron chi connectivity index (χ1n) is 9.50. The van der Waals surface area contributed by atoms with Crippen molar-refractivity contribution in [3.8, 4) is 11.1 Å². The molecule has 0 heterocycles. The summed E-state index contributed by atoms with van der Waals surface area (Å²) in [5, 5.41) is 0. The highest BCUT2D eigenvalue weighted by atomic mass is 14.3. The van der Waals surface area contributed by atoms with Crippen molar-refractivity contribution in [1.29, 1.82) is 0 Å². The van der Waals surface area contributed by atoms with Gasteiger partial charge in [0.15, 0.2) is 0 Å². The quantitative estimate of drug-likeness (QED) is 0.462. The SMILES string of the molecule is Bc1c(B)c(-c2c(B)c(C)c(B)c(C(C)(C)C)c2B)c(C)c(B)c1C. The van der Waals surface area contributed by atoms with Crippen LogP contribution in [0.2, 0.25) is 0 Å². The second-order valence-corrected chi connectivity index (χ2v) is 9.00. The van der Waals surface area contributed by atoms with Gasteiger partial charge in [0.05, 0.1) is 0 Å². The Kier molecular flexibility index (Phi) is 5.26. The molecule has 0 aliphatic heterocycles. The Morgan fingerprint density at radius 2 is 0.960 bits per heavy atom. The van der Waals surface area contributed by atoms with Crippen LogP contribution in [-0.2, 0) is 5.41 Å². The Balaban J connectivity index is 3.09. The van der Waals surface area contributed by atoms with Crippen LogP contribution < -0.4 is 32.8 Å². The molecule has 6 heteroatoms. The Labute approximate surface area is 160 Å². The van der Waals surface area contributed by atoms with Gasteiger partial charge in [-0.1, -0.05) is 70.2 Å². The highest BCUT2D eigenvalue weighted by Gasteiger charge is 2.25. The standard InChI is InChI=1S/C19H30B6/c1-7-10(18(25)16(23)8(2)13(7)20)11-14(21)9(3)15(22)12(17(11)24)19(4,5)6/h20-25H2,1-6H3. The average Bonchev–Trinajstić information content (AvgIpc) is 2.51. The molecule has 0 unspecified atom stereocenters. The average molecular weight is 323 g/mol. The fraction of sp³-hybridized carbons (Fsp3) is 0.368. The lowest BCUT2D eigenvalue weighted by molar-refractivity contribution is 0.598. The van der Waals surface area contributed by atoms with E-state index in [1.54, 1.807) is 0 Å². The molecule has 0 aliphatic carbocycles. The van der Waals surface area contributed by atoms with Crippen LogP contribution >= 0.6 is 0 Å². The van der Waals surface area contributed by atoms with Gasteiger partial charge in [-0.15, -0.1) is 0 Å². The number of hydrogen-bond acceptors (Lipinski definition) is 0. The molecule has 124 valence electrons. The van der Waals surface area contributed by atoms with Gasteiger partial charge in [-0.3, -0.25) is 0 Å². The van der Waals surface area contributed by atoms with Gasteiger partial charge in [0, 0.05) is 0 Å². The topological polar surface area (TPSA) is 0 Å². The molecule has 0 saturated heterocycles. The van der Waals surface area contributed by atoms with Crippen molar-refractivity contribution >= 4 is 79.9 Å². The van der Waals surface area contributed by atoms with Crippen molar-refractivity contribution in [3.05, 3.63) is 22.3 Å². The molecule has 25 heavy (non-hydrogen) atoms. The van der Waals surface area contributed by atoms with E-state index in [4.69, 9.17) is 0 Å². The van der Waals surface area contributed by atoms with E-state index >= 15 is 0 Å². The molecule has 0 N–H and O–H groups in total. The van der Waals surface area contributed by atoms with Crippen molar-refractivity contribution in [2.45, 2.75) is 47.0 Å². The summed E-state index contributed by atoms with van der Waals surface area (Å²) in [6.07, 6.45) is 0. The fourth-order valence-corrected chi connectivity index (χ4v) is 4.72. The van der Waals surface area contributed by atoms with Crippen molar-refractivity contribution in [2.75, 3.05) is 0 Å². The lowest BCUT2D eigenvalue weighted by Gasteiger charge is -2.32. The highest BCUT2D eigenvalue weighted by Crippen LogP contribution is 2.24. The molecule has 2 rings (SSSR count). The Morgan fingerprint density at radius 1 is 0.480 bits per heavy atom. The molecule has 0 spiro atoms. The molecule has 0 radical (unpaired) electrons. The van der Waals surface area contributed by atoms with Crippen LogP contribution in [0.5, 0.6) is 0 Å². The lowest BCUT2D eigenvalue weighted by atomic mass is 9.60. The second-order valence-electron chi connectivity index (χ2n) is 9.00. The van der Waals surface area contributed by atoms with Gasteiger partial charge in [0.25, 0.3) is 0 Å². The van der Waals surface area contributed by atoms with Crippen molar-refractivity contribution in [3.63, 3.8) is 0 Å². The molecule has 2 aromatic carbocycles. The molecule has 0 aliphatic rings. The van der Waals surface area contributed by atoms with Gasteiger partial charge in [-0.2, -0.15) is 0 Å². The minimum Gasteiger partial charge on any atom is -0.0922 e. The monoisotopic (exact) mass is 324 g/mol. The summed E-state index contributed by atoms with van der Waals surface area (Å²) in [7, 11) is 13.8. The van der Waals surface area contributed by atoms with Crippen LogP contribution in [0.25, 0.3) is 11.1 Å². The Hall–Kier alpha value is -1.17. The zero-order valence-electron chi connectivity index (χ0n) is 18.5. The lowest BCUT2D eigenvalue weighted by Crippen LogP contribution is -2.44. The molecule has 0 bridgehead atoms. The Morgan fingerprint density at radius 3 is 1.44 bits per heavy atom. The van der Waals surface area contributed by atoms with Crippen molar-refractivity contribution in [1.82, 2.24) is 0 Å². The van der Waals surface area contributed by atoms with Gasteiger partial charge >= 0.3 is 0 Å². The van der Waals surface area contributed by atoms with E-state index in [2.05, 4.69) is 88.6 Å². The summed E-state index contributed by atoms with van der Waals surface area (Å²) in [5.74, 6) is 0. The van der Waals surface area contributed by atoms with E-state index in [0.717, 1.165) is 0 Å². The van der Waals surface area contributed by atoms with Crippen LogP contribution in [0.3, 0.4) is 0 Å². The van der Waals surface area contributed by atoms with Gasteiger partial charge < -0.3 is 0 Å². The maximum absolute atomic E-state index is 2.34. The van der Waals surface area contributed by atoms with Crippen LogP contribution in [-0.4, -0.2) is 47.1 Å². The van der Waals surface area contributed by atoms with Gasteiger partial charge in [0.2, 0.25) is 0 Å². The zero-order valence-corrected chi connectivity index (χ0v) is 18.5. The minimum absolute atomic E-state index is 0.151. The van der Waals surface area contributed by atoms with E-state index in [1.165, 1.54) is 66.2 Å². The first kappa shape index (κ1) is 20.1. The number of hydrogen-bond donors (Lipinski definition) is 0. The molecule has 0 nitrogen and oxygen atoms in total. The Bertz CT molecular complexity index is 846. The second kappa shape index (κ2) is 6.53. The molecule has 0 atom stereocenters. The van der Waals surface area contributed by atoms with Crippen LogP contribution in [0, 0.1) is 20.8 Å². The van der Waals surface area contributed by atoms with E-state index < -0.39 is 0 Å². The molecule has 0 amide bonds. The van der Waals surface area contributed by atoms with Gasteiger partial charge in [-0.05, 0) is 42.9 Å². The number of benzene rings is 2. The molecule has 2 aromatic rings. The van der Waals surface area contributed by atoms with Gasteiger partial charge in [0.1, 0.15) is 47.1 Å². The van der Waals surface area contributed by atoms with Gasteiger partial charge in [-0.25, -0.2) is 0 Å². The fourth-order valence-electron chi connectivity index (χ4n) is 4.72. The van der Waals surface area contributed by atoms with Crippen molar-refractivity contribution < 1.29 is 0 Å². The molecule has 0 saturated carbocycles. The maximum atomic E-state index is 2.34. The predicted molar refractivity (Wildman–Crippen MR) is 134 cm³/mol. The van der Waals surface area contributed by atoms with E-state index in [0.29, 0.717) is 0 Å². The molecular formula is C19H30B6. The summed E-state index contributed by atoms with van der Waals surface area (Å²) in [5.41, 5.74) is 17.6. The third-order valence-electron chi connectivity index (χ3n) is 6.62. The minimum atomic E-state index is 0.151. The predicted octanol–water partition coefficient (Wildman–Crippen LogP) is -4.87. The molecule has 0 fully saturated rings. The highest BCUT2D eigenvalue weighted by molar-refractivity contribution is 6.56.